The topological polar surface area (TPSA) is 78.3 Å². The average molecular weight is 262 g/mol. The van der Waals surface area contributed by atoms with E-state index < -0.39 is 5.91 Å². The zero-order valence-corrected chi connectivity index (χ0v) is 11.2. The maximum atomic E-state index is 11.0. The van der Waals surface area contributed by atoms with Gasteiger partial charge in [-0.25, -0.2) is 0 Å². The minimum atomic E-state index is -0.400. The molecule has 0 bridgehead atoms. The highest BCUT2D eigenvalue weighted by molar-refractivity contribution is 5.92. The van der Waals surface area contributed by atoms with Gasteiger partial charge in [0.15, 0.2) is 0 Å². The van der Waals surface area contributed by atoms with E-state index in [9.17, 15) is 4.79 Å². The lowest BCUT2D eigenvalue weighted by Gasteiger charge is -2.30. The second-order valence-corrected chi connectivity index (χ2v) is 5.19. The van der Waals surface area contributed by atoms with Crippen molar-refractivity contribution in [2.75, 3.05) is 6.54 Å². The normalized spacial score (nSPS) is 23.2. The Labute approximate surface area is 114 Å². The SMILES string of the molecule is NCC1CCCCC1OCc1ccc(C(N)=O)cc1. The number of carbonyl (C=O) groups excluding carboxylic acids is 1. The summed E-state index contributed by atoms with van der Waals surface area (Å²) in [5.74, 6) is 0.0848. The van der Waals surface area contributed by atoms with Gasteiger partial charge in [0.05, 0.1) is 12.7 Å². The van der Waals surface area contributed by atoms with Crippen LogP contribution in [-0.2, 0) is 11.3 Å². The first-order chi connectivity index (χ1) is 9.20. The zero-order chi connectivity index (χ0) is 13.7. The maximum Gasteiger partial charge on any atom is 0.248 e. The molecule has 0 aromatic heterocycles. The van der Waals surface area contributed by atoms with E-state index in [1.54, 1.807) is 12.1 Å². The van der Waals surface area contributed by atoms with Crippen molar-refractivity contribution in [1.82, 2.24) is 0 Å². The molecule has 2 atom stereocenters. The van der Waals surface area contributed by atoms with Gasteiger partial charge in [-0.15, -0.1) is 0 Å². The zero-order valence-electron chi connectivity index (χ0n) is 11.2. The molecule has 4 nitrogen and oxygen atoms in total. The van der Waals surface area contributed by atoms with Crippen molar-refractivity contribution < 1.29 is 9.53 Å². The van der Waals surface area contributed by atoms with E-state index in [4.69, 9.17) is 16.2 Å². The van der Waals surface area contributed by atoms with Crippen LogP contribution >= 0.6 is 0 Å². The molecule has 1 amide bonds. The molecular weight excluding hydrogens is 240 g/mol. The summed E-state index contributed by atoms with van der Waals surface area (Å²) in [6, 6.07) is 7.26. The van der Waals surface area contributed by atoms with Crippen molar-refractivity contribution >= 4 is 5.91 Å². The quantitative estimate of drug-likeness (QED) is 0.849. The van der Waals surface area contributed by atoms with Gasteiger partial charge in [0.25, 0.3) is 0 Å². The molecule has 0 heterocycles. The molecule has 1 fully saturated rings. The number of ether oxygens (including phenoxy) is 1. The number of rotatable bonds is 5. The maximum absolute atomic E-state index is 11.0. The Hall–Kier alpha value is -1.39. The molecule has 0 radical (unpaired) electrons. The molecule has 1 aliphatic carbocycles. The fourth-order valence-electron chi connectivity index (χ4n) is 2.63. The van der Waals surface area contributed by atoms with Gasteiger partial charge < -0.3 is 16.2 Å². The Bertz CT molecular complexity index is 417. The number of hydrogen-bond donors (Lipinski definition) is 2. The summed E-state index contributed by atoms with van der Waals surface area (Å²) in [5, 5.41) is 0. The van der Waals surface area contributed by atoms with Gasteiger partial charge in [-0.05, 0) is 43.0 Å². The number of amides is 1. The molecular formula is C15H22N2O2. The van der Waals surface area contributed by atoms with E-state index in [0.717, 1.165) is 12.0 Å². The van der Waals surface area contributed by atoms with Crippen LogP contribution in [0.5, 0.6) is 0 Å². The molecule has 4 heteroatoms. The van der Waals surface area contributed by atoms with Gasteiger partial charge in [0, 0.05) is 5.56 Å². The molecule has 4 N–H and O–H groups in total. The number of primary amides is 1. The highest BCUT2D eigenvalue weighted by Gasteiger charge is 2.24. The van der Waals surface area contributed by atoms with Crippen LogP contribution in [0.2, 0.25) is 0 Å². The standard InChI is InChI=1S/C15H22N2O2/c16-9-13-3-1-2-4-14(13)19-10-11-5-7-12(8-6-11)15(17)18/h5-8,13-14H,1-4,9-10,16H2,(H2,17,18). The predicted octanol–water partition coefficient (Wildman–Crippen LogP) is 1.82. The van der Waals surface area contributed by atoms with E-state index >= 15 is 0 Å². The minimum absolute atomic E-state index is 0.273. The number of benzene rings is 1. The van der Waals surface area contributed by atoms with Crippen LogP contribution in [0.3, 0.4) is 0 Å². The van der Waals surface area contributed by atoms with Crippen LogP contribution in [0.4, 0.5) is 0 Å². The molecule has 1 aromatic rings. The minimum Gasteiger partial charge on any atom is -0.373 e. The van der Waals surface area contributed by atoms with Crippen LogP contribution in [-0.4, -0.2) is 18.6 Å². The summed E-state index contributed by atoms with van der Waals surface area (Å²) >= 11 is 0. The molecule has 104 valence electrons. The smallest absolute Gasteiger partial charge is 0.248 e. The Morgan fingerprint density at radius 3 is 2.53 bits per heavy atom. The lowest BCUT2D eigenvalue weighted by molar-refractivity contribution is -0.0183. The van der Waals surface area contributed by atoms with Crippen LogP contribution in [0.15, 0.2) is 24.3 Å². The third-order valence-corrected chi connectivity index (χ3v) is 3.84. The van der Waals surface area contributed by atoms with Crippen LogP contribution < -0.4 is 11.5 Å². The lowest BCUT2D eigenvalue weighted by atomic mass is 9.86. The molecule has 0 saturated heterocycles. The van der Waals surface area contributed by atoms with E-state index in [1.165, 1.54) is 19.3 Å². The Morgan fingerprint density at radius 1 is 1.21 bits per heavy atom. The fourth-order valence-corrected chi connectivity index (χ4v) is 2.63. The second-order valence-electron chi connectivity index (χ2n) is 5.19. The lowest BCUT2D eigenvalue weighted by Crippen LogP contribution is -2.33. The van der Waals surface area contributed by atoms with Crippen molar-refractivity contribution in [2.45, 2.75) is 38.4 Å². The van der Waals surface area contributed by atoms with Crippen molar-refractivity contribution in [2.24, 2.45) is 17.4 Å². The first kappa shape index (κ1) is 14.0. The third-order valence-electron chi connectivity index (χ3n) is 3.84. The number of hydrogen-bond acceptors (Lipinski definition) is 3. The van der Waals surface area contributed by atoms with Gasteiger partial charge >= 0.3 is 0 Å². The van der Waals surface area contributed by atoms with Crippen LogP contribution in [0.1, 0.15) is 41.6 Å². The third kappa shape index (κ3) is 3.78. The summed E-state index contributed by atoms with van der Waals surface area (Å²) < 4.78 is 5.98. The molecule has 1 aliphatic rings. The molecule has 2 rings (SSSR count). The van der Waals surface area contributed by atoms with Crippen LogP contribution in [0, 0.1) is 5.92 Å². The van der Waals surface area contributed by atoms with Gasteiger partial charge in [-0.1, -0.05) is 25.0 Å². The van der Waals surface area contributed by atoms with Gasteiger partial charge in [0.1, 0.15) is 0 Å². The monoisotopic (exact) mass is 262 g/mol. The second kappa shape index (κ2) is 6.68. The van der Waals surface area contributed by atoms with E-state index in [1.807, 2.05) is 12.1 Å². The largest absolute Gasteiger partial charge is 0.373 e. The highest BCUT2D eigenvalue weighted by Crippen LogP contribution is 2.26. The molecule has 0 spiro atoms. The van der Waals surface area contributed by atoms with E-state index in [0.29, 0.717) is 24.6 Å². The first-order valence-corrected chi connectivity index (χ1v) is 6.91. The van der Waals surface area contributed by atoms with Gasteiger partial charge in [-0.3, -0.25) is 4.79 Å². The Kier molecular flexibility index (Phi) is 4.93. The summed E-state index contributed by atoms with van der Waals surface area (Å²) in [6.07, 6.45) is 5.02. The highest BCUT2D eigenvalue weighted by atomic mass is 16.5. The first-order valence-electron chi connectivity index (χ1n) is 6.91. The summed E-state index contributed by atoms with van der Waals surface area (Å²) in [7, 11) is 0. The van der Waals surface area contributed by atoms with E-state index in [2.05, 4.69) is 0 Å². The number of nitrogens with two attached hydrogens (primary N) is 2. The van der Waals surface area contributed by atoms with E-state index in [-0.39, 0.29) is 6.10 Å². The van der Waals surface area contributed by atoms with Crippen molar-refractivity contribution in [1.29, 1.82) is 0 Å². The Morgan fingerprint density at radius 2 is 1.89 bits per heavy atom. The predicted molar refractivity (Wildman–Crippen MR) is 74.5 cm³/mol. The molecule has 1 aromatic carbocycles. The molecule has 2 unspecified atom stereocenters. The summed E-state index contributed by atoms with van der Waals surface area (Å²) in [6.45, 7) is 1.27. The van der Waals surface area contributed by atoms with Crippen molar-refractivity contribution in [3.8, 4) is 0 Å². The number of carbonyl (C=O) groups is 1. The van der Waals surface area contributed by atoms with Gasteiger partial charge in [-0.2, -0.15) is 0 Å². The van der Waals surface area contributed by atoms with Gasteiger partial charge in [0.2, 0.25) is 5.91 Å². The molecule has 1 saturated carbocycles. The van der Waals surface area contributed by atoms with Crippen LogP contribution in [0.25, 0.3) is 0 Å². The Balaban J connectivity index is 1.88. The van der Waals surface area contributed by atoms with Crippen molar-refractivity contribution in [3.05, 3.63) is 35.4 Å². The summed E-state index contributed by atoms with van der Waals surface area (Å²) in [4.78, 5) is 11.0. The fraction of sp³-hybridized carbons (Fsp3) is 0.533. The average Bonchev–Trinajstić information content (AvgIpc) is 2.45. The molecule has 19 heavy (non-hydrogen) atoms. The molecule has 0 aliphatic heterocycles. The van der Waals surface area contributed by atoms with Crippen molar-refractivity contribution in [3.63, 3.8) is 0 Å². The summed E-state index contributed by atoms with van der Waals surface area (Å²) in [5.41, 5.74) is 12.6.